The molecule has 0 heterocycles. The largest absolute Gasteiger partial charge is 0.399 e. The van der Waals surface area contributed by atoms with Crippen LogP contribution in [-0.2, 0) is 4.79 Å². The van der Waals surface area contributed by atoms with Crippen molar-refractivity contribution in [1.29, 1.82) is 0 Å². The monoisotopic (exact) mass is 228 g/mol. The Morgan fingerprint density at radius 1 is 1.69 bits per heavy atom. The van der Waals surface area contributed by atoms with E-state index in [1.54, 1.807) is 7.05 Å². The number of hydrogen-bond acceptors (Lipinski definition) is 6. The highest BCUT2D eigenvalue weighted by Gasteiger charge is 2.07. The highest BCUT2D eigenvalue weighted by Crippen LogP contribution is 1.99. The van der Waals surface area contributed by atoms with Crippen LogP contribution in [0, 0.1) is 16.0 Å². The number of carbonyl (C=O) groups excluding carboxylic acids is 1. The molecule has 0 aliphatic carbocycles. The second-order valence-electron chi connectivity index (χ2n) is 3.13. The van der Waals surface area contributed by atoms with E-state index < -0.39 is 4.92 Å². The van der Waals surface area contributed by atoms with Crippen LogP contribution in [0.5, 0.6) is 0 Å². The molecule has 0 aromatic rings. The number of hydrogen-bond donors (Lipinski definition) is 2. The molecule has 16 heavy (non-hydrogen) atoms. The lowest BCUT2D eigenvalue weighted by Gasteiger charge is -2.05. The van der Waals surface area contributed by atoms with Crippen molar-refractivity contribution in [2.24, 2.45) is 16.6 Å². The number of nitro groups is 1. The Hall–Kier alpha value is -1.76. The minimum absolute atomic E-state index is 0.227. The highest BCUT2D eigenvalue weighted by atomic mass is 16.6. The summed E-state index contributed by atoms with van der Waals surface area (Å²) in [5.74, 6) is -0.227. The molecule has 0 aromatic carbocycles. The maximum absolute atomic E-state index is 10.6. The standard InChI is InChI=1S/C9H16N4O3/c1-11-3-2-8(7-14)5-12-6-9(4-10)13(15)16/h4,6-8,11H,2-3,5,10H2,1H3/b9-4+,12-6?. The van der Waals surface area contributed by atoms with Crippen molar-refractivity contribution in [3.8, 4) is 0 Å². The van der Waals surface area contributed by atoms with Gasteiger partial charge in [-0.2, -0.15) is 0 Å². The third-order valence-corrected chi connectivity index (χ3v) is 1.90. The maximum Gasteiger partial charge on any atom is 0.302 e. The summed E-state index contributed by atoms with van der Waals surface area (Å²) in [6.07, 6.45) is 3.38. The lowest BCUT2D eigenvalue weighted by molar-refractivity contribution is -0.414. The summed E-state index contributed by atoms with van der Waals surface area (Å²) < 4.78 is 0. The molecule has 0 radical (unpaired) electrons. The van der Waals surface area contributed by atoms with E-state index in [-0.39, 0.29) is 18.2 Å². The molecule has 0 amide bonds. The molecule has 3 N–H and O–H groups in total. The van der Waals surface area contributed by atoms with E-state index in [0.717, 1.165) is 18.7 Å². The maximum atomic E-state index is 10.6. The Bertz CT molecular complexity index is 288. The molecular formula is C9H16N4O3. The van der Waals surface area contributed by atoms with Gasteiger partial charge < -0.3 is 15.8 Å². The zero-order valence-corrected chi connectivity index (χ0v) is 9.13. The molecule has 7 heteroatoms. The van der Waals surface area contributed by atoms with E-state index in [9.17, 15) is 14.9 Å². The van der Waals surface area contributed by atoms with Gasteiger partial charge in [-0.1, -0.05) is 0 Å². The molecule has 0 fully saturated rings. The van der Waals surface area contributed by atoms with Gasteiger partial charge in [-0.3, -0.25) is 15.1 Å². The van der Waals surface area contributed by atoms with E-state index in [2.05, 4.69) is 10.3 Å². The van der Waals surface area contributed by atoms with Gasteiger partial charge in [-0.05, 0) is 20.0 Å². The van der Waals surface area contributed by atoms with Gasteiger partial charge in [0.1, 0.15) is 12.5 Å². The van der Waals surface area contributed by atoms with Crippen molar-refractivity contribution in [3.05, 3.63) is 22.0 Å². The summed E-state index contributed by atoms with van der Waals surface area (Å²) in [6.45, 7) is 0.935. The third-order valence-electron chi connectivity index (χ3n) is 1.90. The molecule has 1 unspecified atom stereocenters. The molecule has 0 saturated heterocycles. The number of nitrogens with one attached hydrogen (secondary N) is 1. The normalized spacial score (nSPS) is 13.9. The van der Waals surface area contributed by atoms with Crippen molar-refractivity contribution in [1.82, 2.24) is 5.32 Å². The number of rotatable bonds is 8. The summed E-state index contributed by atoms with van der Waals surface area (Å²) in [7, 11) is 1.78. The number of nitrogens with zero attached hydrogens (tertiary/aromatic N) is 2. The van der Waals surface area contributed by atoms with Crippen LogP contribution < -0.4 is 11.1 Å². The Morgan fingerprint density at radius 3 is 2.81 bits per heavy atom. The van der Waals surface area contributed by atoms with Gasteiger partial charge in [0.2, 0.25) is 0 Å². The van der Waals surface area contributed by atoms with Crippen LogP contribution in [0.25, 0.3) is 0 Å². The second-order valence-corrected chi connectivity index (χ2v) is 3.13. The number of allylic oxidation sites excluding steroid dienone is 1. The predicted octanol–water partition coefficient (Wildman–Crippen LogP) is -0.441. The fourth-order valence-corrected chi connectivity index (χ4v) is 0.965. The average molecular weight is 228 g/mol. The zero-order valence-electron chi connectivity index (χ0n) is 9.13. The minimum Gasteiger partial charge on any atom is -0.399 e. The average Bonchev–Trinajstić information content (AvgIpc) is 2.28. The van der Waals surface area contributed by atoms with E-state index in [4.69, 9.17) is 5.73 Å². The summed E-state index contributed by atoms with van der Waals surface area (Å²) in [6, 6.07) is 0. The van der Waals surface area contributed by atoms with Gasteiger partial charge in [0, 0.05) is 12.5 Å². The van der Waals surface area contributed by atoms with Gasteiger partial charge in [0.25, 0.3) is 0 Å². The van der Waals surface area contributed by atoms with Crippen LogP contribution in [0.15, 0.2) is 16.9 Å². The molecule has 0 aliphatic rings. The van der Waals surface area contributed by atoms with E-state index in [1.807, 2.05) is 0 Å². The van der Waals surface area contributed by atoms with Crippen molar-refractivity contribution >= 4 is 12.5 Å². The van der Waals surface area contributed by atoms with E-state index in [1.165, 1.54) is 0 Å². The molecule has 0 aromatic heterocycles. The molecule has 0 spiro atoms. The van der Waals surface area contributed by atoms with Gasteiger partial charge in [0.15, 0.2) is 0 Å². The molecular weight excluding hydrogens is 212 g/mol. The number of carbonyl (C=O) groups is 1. The van der Waals surface area contributed by atoms with E-state index in [0.29, 0.717) is 13.0 Å². The Balaban J connectivity index is 4.14. The number of nitrogens with two attached hydrogens (primary N) is 1. The van der Waals surface area contributed by atoms with Gasteiger partial charge in [-0.25, -0.2) is 0 Å². The van der Waals surface area contributed by atoms with Gasteiger partial charge in [0.05, 0.1) is 11.1 Å². The van der Waals surface area contributed by atoms with Crippen LogP contribution in [0.3, 0.4) is 0 Å². The first-order valence-corrected chi connectivity index (χ1v) is 4.81. The third kappa shape index (κ3) is 5.86. The fourth-order valence-electron chi connectivity index (χ4n) is 0.965. The first-order valence-electron chi connectivity index (χ1n) is 4.81. The lowest BCUT2D eigenvalue weighted by Crippen LogP contribution is -2.16. The molecule has 90 valence electrons. The van der Waals surface area contributed by atoms with Crippen LogP contribution >= 0.6 is 0 Å². The highest BCUT2D eigenvalue weighted by molar-refractivity contribution is 5.75. The molecule has 0 aliphatic heterocycles. The smallest absolute Gasteiger partial charge is 0.302 e. The van der Waals surface area contributed by atoms with Gasteiger partial charge in [-0.15, -0.1) is 0 Å². The van der Waals surface area contributed by atoms with Crippen molar-refractivity contribution < 1.29 is 9.72 Å². The quantitative estimate of drug-likeness (QED) is 0.253. The molecule has 1 atom stereocenters. The second kappa shape index (κ2) is 8.54. The molecule has 7 nitrogen and oxygen atoms in total. The fraction of sp³-hybridized carbons (Fsp3) is 0.556. The van der Waals surface area contributed by atoms with E-state index >= 15 is 0 Å². The van der Waals surface area contributed by atoms with Crippen LogP contribution in [-0.4, -0.2) is 37.6 Å². The molecule has 0 saturated carbocycles. The topological polar surface area (TPSA) is 111 Å². The lowest BCUT2D eigenvalue weighted by atomic mass is 10.1. The van der Waals surface area contributed by atoms with Crippen molar-refractivity contribution in [2.75, 3.05) is 20.1 Å². The van der Waals surface area contributed by atoms with Gasteiger partial charge >= 0.3 is 5.70 Å². The number of aldehydes is 1. The Labute approximate surface area is 93.6 Å². The molecule has 0 bridgehead atoms. The van der Waals surface area contributed by atoms with Crippen molar-refractivity contribution in [3.63, 3.8) is 0 Å². The van der Waals surface area contributed by atoms with Crippen molar-refractivity contribution in [2.45, 2.75) is 6.42 Å². The number of aliphatic imine (C=N–C) groups is 1. The Morgan fingerprint density at radius 2 is 2.38 bits per heavy atom. The minimum atomic E-state index is -0.632. The first-order chi connectivity index (χ1) is 7.65. The predicted molar refractivity (Wildman–Crippen MR) is 60.7 cm³/mol. The summed E-state index contributed by atoms with van der Waals surface area (Å²) in [4.78, 5) is 24.1. The zero-order chi connectivity index (χ0) is 12.4. The van der Waals surface area contributed by atoms with Crippen LogP contribution in [0.2, 0.25) is 0 Å². The SMILES string of the molecule is CNCCC(C=O)CN=C/C(=C\N)[N+](=O)[O-]. The molecule has 0 rings (SSSR count). The first kappa shape index (κ1) is 14.2. The summed E-state index contributed by atoms with van der Waals surface area (Å²) in [5, 5.41) is 13.2. The van der Waals surface area contributed by atoms with Crippen LogP contribution in [0.4, 0.5) is 0 Å². The van der Waals surface area contributed by atoms with Crippen LogP contribution in [0.1, 0.15) is 6.42 Å². The summed E-state index contributed by atoms with van der Waals surface area (Å²) >= 11 is 0. The summed E-state index contributed by atoms with van der Waals surface area (Å²) in [5.41, 5.74) is 4.75. The Kier molecular flexibility index (Phi) is 7.60.